The number of benzene rings is 2. The Kier molecular flexibility index (Phi) is 6.68. The van der Waals surface area contributed by atoms with Gasteiger partial charge in [0.15, 0.2) is 0 Å². The van der Waals surface area contributed by atoms with Crippen LogP contribution in [0.5, 0.6) is 11.5 Å². The van der Waals surface area contributed by atoms with Gasteiger partial charge >= 0.3 is 0 Å². The van der Waals surface area contributed by atoms with Crippen LogP contribution in [0, 0.1) is 0 Å². The van der Waals surface area contributed by atoms with E-state index in [2.05, 4.69) is 22.3 Å². The zero-order valence-corrected chi connectivity index (χ0v) is 15.9. The van der Waals surface area contributed by atoms with Crippen molar-refractivity contribution in [2.24, 2.45) is 0 Å². The Hall–Kier alpha value is -2.57. The number of amides is 1. The highest BCUT2D eigenvalue weighted by atomic mass is 16.5. The monoisotopic (exact) mass is 370 g/mol. The molecule has 1 N–H and O–H groups in total. The molecule has 1 saturated heterocycles. The minimum atomic E-state index is -0.0839. The molecule has 1 amide bonds. The van der Waals surface area contributed by atoms with Crippen LogP contribution in [0.15, 0.2) is 42.5 Å². The summed E-state index contributed by atoms with van der Waals surface area (Å²) < 4.78 is 15.9. The molecule has 0 unspecified atom stereocenters. The van der Waals surface area contributed by atoms with Crippen molar-refractivity contribution in [1.29, 1.82) is 0 Å². The second-order valence-electron chi connectivity index (χ2n) is 6.49. The van der Waals surface area contributed by atoms with E-state index in [-0.39, 0.29) is 12.3 Å². The summed E-state index contributed by atoms with van der Waals surface area (Å²) in [6.07, 6.45) is 0.239. The zero-order chi connectivity index (χ0) is 19.1. The Labute approximate surface area is 160 Å². The second-order valence-corrected chi connectivity index (χ2v) is 6.49. The fourth-order valence-corrected chi connectivity index (χ4v) is 3.09. The van der Waals surface area contributed by atoms with Crippen LogP contribution in [0.3, 0.4) is 0 Å². The van der Waals surface area contributed by atoms with Gasteiger partial charge in [-0.05, 0) is 23.8 Å². The molecule has 0 bridgehead atoms. The van der Waals surface area contributed by atoms with E-state index < -0.39 is 0 Å². The summed E-state index contributed by atoms with van der Waals surface area (Å²) in [4.78, 5) is 14.8. The molecule has 0 saturated carbocycles. The van der Waals surface area contributed by atoms with Gasteiger partial charge in [0, 0.05) is 37.0 Å². The van der Waals surface area contributed by atoms with Gasteiger partial charge in [-0.2, -0.15) is 0 Å². The van der Waals surface area contributed by atoms with E-state index in [0.717, 1.165) is 44.1 Å². The van der Waals surface area contributed by atoms with Crippen LogP contribution in [-0.4, -0.2) is 51.3 Å². The number of methoxy groups -OCH3 is 2. The molecule has 0 aromatic heterocycles. The van der Waals surface area contributed by atoms with Crippen molar-refractivity contribution in [3.8, 4) is 11.5 Å². The summed E-state index contributed by atoms with van der Waals surface area (Å²) in [5.41, 5.74) is 2.84. The molecule has 6 heteroatoms. The molecule has 2 aromatic rings. The van der Waals surface area contributed by atoms with Gasteiger partial charge in [0.25, 0.3) is 0 Å². The Morgan fingerprint density at radius 1 is 1.07 bits per heavy atom. The molecule has 0 radical (unpaired) electrons. The van der Waals surface area contributed by atoms with Crippen LogP contribution in [0.25, 0.3) is 0 Å². The summed E-state index contributed by atoms with van der Waals surface area (Å²) in [5, 5.41) is 2.94. The predicted octanol–water partition coefficient (Wildman–Crippen LogP) is 2.72. The average Bonchev–Trinajstić information content (AvgIpc) is 2.70. The summed E-state index contributed by atoms with van der Waals surface area (Å²) in [7, 11) is 3.19. The van der Waals surface area contributed by atoms with Crippen molar-refractivity contribution in [3.05, 3.63) is 53.6 Å². The Balaban J connectivity index is 1.56. The van der Waals surface area contributed by atoms with E-state index in [1.54, 1.807) is 20.3 Å². The van der Waals surface area contributed by atoms with E-state index >= 15 is 0 Å². The highest BCUT2D eigenvalue weighted by molar-refractivity contribution is 5.92. The maximum Gasteiger partial charge on any atom is 0.228 e. The van der Waals surface area contributed by atoms with Gasteiger partial charge in [-0.1, -0.05) is 18.2 Å². The molecule has 1 heterocycles. The third-order valence-corrected chi connectivity index (χ3v) is 4.59. The van der Waals surface area contributed by atoms with Crippen molar-refractivity contribution >= 4 is 11.6 Å². The number of carbonyl (C=O) groups excluding carboxylic acids is 1. The first-order chi connectivity index (χ1) is 13.2. The molecule has 0 atom stereocenters. The quantitative estimate of drug-likeness (QED) is 0.812. The molecule has 1 aliphatic rings. The molecular formula is C21H26N2O4. The van der Waals surface area contributed by atoms with Crippen LogP contribution < -0.4 is 14.8 Å². The minimum Gasteiger partial charge on any atom is -0.497 e. The first-order valence-corrected chi connectivity index (χ1v) is 9.07. The fraction of sp³-hybridized carbons (Fsp3) is 0.381. The number of anilines is 1. The van der Waals surface area contributed by atoms with Crippen molar-refractivity contribution in [1.82, 2.24) is 4.90 Å². The topological polar surface area (TPSA) is 60.0 Å². The fourth-order valence-electron chi connectivity index (χ4n) is 3.09. The number of nitrogens with zero attached hydrogens (tertiary/aromatic N) is 1. The van der Waals surface area contributed by atoms with Crippen LogP contribution >= 0.6 is 0 Å². The van der Waals surface area contributed by atoms with Crippen molar-refractivity contribution in [2.45, 2.75) is 13.0 Å². The van der Waals surface area contributed by atoms with E-state index in [1.165, 1.54) is 5.56 Å². The molecular weight excluding hydrogens is 344 g/mol. The largest absolute Gasteiger partial charge is 0.497 e. The van der Waals surface area contributed by atoms with Crippen molar-refractivity contribution in [2.75, 3.05) is 45.8 Å². The molecule has 1 fully saturated rings. The smallest absolute Gasteiger partial charge is 0.228 e. The summed E-state index contributed by atoms with van der Waals surface area (Å²) >= 11 is 0. The number of hydrogen-bond acceptors (Lipinski definition) is 5. The maximum absolute atomic E-state index is 12.4. The van der Waals surface area contributed by atoms with Gasteiger partial charge in [0.05, 0.1) is 33.9 Å². The summed E-state index contributed by atoms with van der Waals surface area (Å²) in [6, 6.07) is 13.5. The molecule has 2 aromatic carbocycles. The lowest BCUT2D eigenvalue weighted by Gasteiger charge is -2.26. The lowest BCUT2D eigenvalue weighted by Crippen LogP contribution is -2.35. The zero-order valence-electron chi connectivity index (χ0n) is 15.9. The minimum absolute atomic E-state index is 0.0839. The SMILES string of the molecule is COc1ccc(CC(=O)Nc2ccc(CN3CCOCC3)cc2)c(OC)c1. The second kappa shape index (κ2) is 9.39. The van der Waals surface area contributed by atoms with Gasteiger partial charge in [-0.15, -0.1) is 0 Å². The summed E-state index contributed by atoms with van der Waals surface area (Å²) in [5.74, 6) is 1.26. The number of morpholine rings is 1. The van der Waals surface area contributed by atoms with E-state index in [1.807, 2.05) is 24.3 Å². The number of rotatable bonds is 7. The molecule has 1 aliphatic heterocycles. The van der Waals surface area contributed by atoms with Crippen LogP contribution in [0.1, 0.15) is 11.1 Å². The normalized spacial score (nSPS) is 14.6. The van der Waals surface area contributed by atoms with Crippen LogP contribution in [0.4, 0.5) is 5.69 Å². The van der Waals surface area contributed by atoms with Gasteiger partial charge in [-0.25, -0.2) is 0 Å². The molecule has 0 aliphatic carbocycles. The number of hydrogen-bond donors (Lipinski definition) is 1. The molecule has 0 spiro atoms. The van der Waals surface area contributed by atoms with Gasteiger partial charge in [-0.3, -0.25) is 9.69 Å². The van der Waals surface area contributed by atoms with E-state index in [4.69, 9.17) is 14.2 Å². The Morgan fingerprint density at radius 2 is 1.81 bits per heavy atom. The van der Waals surface area contributed by atoms with E-state index in [0.29, 0.717) is 11.5 Å². The standard InChI is InChI=1S/C21H26N2O4/c1-25-19-8-5-17(20(14-19)26-2)13-21(24)22-18-6-3-16(4-7-18)15-23-9-11-27-12-10-23/h3-8,14H,9-13,15H2,1-2H3,(H,22,24). The highest BCUT2D eigenvalue weighted by Gasteiger charge is 2.12. The molecule has 27 heavy (non-hydrogen) atoms. The Morgan fingerprint density at radius 3 is 2.48 bits per heavy atom. The Bertz CT molecular complexity index is 755. The number of ether oxygens (including phenoxy) is 3. The van der Waals surface area contributed by atoms with Gasteiger partial charge in [0.1, 0.15) is 11.5 Å². The predicted molar refractivity (Wildman–Crippen MR) is 104 cm³/mol. The summed E-state index contributed by atoms with van der Waals surface area (Å²) in [6.45, 7) is 4.41. The lowest BCUT2D eigenvalue weighted by atomic mass is 10.1. The molecule has 6 nitrogen and oxygen atoms in total. The lowest BCUT2D eigenvalue weighted by molar-refractivity contribution is -0.115. The average molecular weight is 370 g/mol. The maximum atomic E-state index is 12.4. The number of carbonyl (C=O) groups is 1. The molecule has 144 valence electrons. The number of nitrogens with one attached hydrogen (secondary N) is 1. The third-order valence-electron chi connectivity index (χ3n) is 4.59. The first-order valence-electron chi connectivity index (χ1n) is 9.07. The van der Waals surface area contributed by atoms with Gasteiger partial charge in [0.2, 0.25) is 5.91 Å². The van der Waals surface area contributed by atoms with Gasteiger partial charge < -0.3 is 19.5 Å². The highest BCUT2D eigenvalue weighted by Crippen LogP contribution is 2.25. The van der Waals surface area contributed by atoms with E-state index in [9.17, 15) is 4.79 Å². The third kappa shape index (κ3) is 5.45. The van der Waals surface area contributed by atoms with Crippen molar-refractivity contribution in [3.63, 3.8) is 0 Å². The molecule has 3 rings (SSSR count). The van der Waals surface area contributed by atoms with Crippen molar-refractivity contribution < 1.29 is 19.0 Å². The van der Waals surface area contributed by atoms with Crippen LogP contribution in [0.2, 0.25) is 0 Å². The van der Waals surface area contributed by atoms with Crippen LogP contribution in [-0.2, 0) is 22.5 Å². The first kappa shape index (κ1) is 19.2.